The molecule has 0 fully saturated rings. The zero-order chi connectivity index (χ0) is 19.4. The number of carbonyl (C=O) groups is 2. The average molecular weight is 404 g/mol. The molecule has 0 aliphatic rings. The fraction of sp³-hybridized carbons (Fsp3) is 0.105. The van der Waals surface area contributed by atoms with Gasteiger partial charge in [-0.1, -0.05) is 47.5 Å². The van der Waals surface area contributed by atoms with Gasteiger partial charge in [0.15, 0.2) is 6.61 Å². The number of rotatable bonds is 5. The molecule has 0 radical (unpaired) electrons. The lowest BCUT2D eigenvalue weighted by molar-refractivity contribution is -0.119. The first-order valence-electron chi connectivity index (χ1n) is 7.99. The first kappa shape index (κ1) is 18.9. The van der Waals surface area contributed by atoms with Crippen molar-refractivity contribution in [2.75, 3.05) is 11.9 Å². The van der Waals surface area contributed by atoms with E-state index in [4.69, 9.17) is 27.9 Å². The quantitative estimate of drug-likeness (QED) is 0.645. The van der Waals surface area contributed by atoms with E-state index in [9.17, 15) is 9.59 Å². The summed E-state index contributed by atoms with van der Waals surface area (Å²) in [4.78, 5) is 24.4. The predicted octanol–water partition coefficient (Wildman–Crippen LogP) is 4.28. The van der Waals surface area contributed by atoms with Crippen molar-refractivity contribution in [3.63, 3.8) is 0 Å². The van der Waals surface area contributed by atoms with E-state index in [1.165, 1.54) is 4.68 Å². The minimum absolute atomic E-state index is 0.121. The number of esters is 1. The maximum Gasteiger partial charge on any atom is 0.343 e. The van der Waals surface area contributed by atoms with Crippen LogP contribution in [-0.4, -0.2) is 28.3 Å². The van der Waals surface area contributed by atoms with Crippen LogP contribution in [0.5, 0.6) is 0 Å². The lowest BCUT2D eigenvalue weighted by atomic mass is 10.2. The number of aryl methyl sites for hydroxylation is 1. The Hall–Kier alpha value is -2.83. The zero-order valence-electron chi connectivity index (χ0n) is 14.3. The van der Waals surface area contributed by atoms with Crippen molar-refractivity contribution in [3.8, 4) is 5.69 Å². The summed E-state index contributed by atoms with van der Waals surface area (Å²) < 4.78 is 6.53. The second-order valence-corrected chi connectivity index (χ2v) is 6.43. The minimum atomic E-state index is -0.721. The first-order chi connectivity index (χ1) is 13.0. The maximum atomic E-state index is 12.4. The fourth-order valence-electron chi connectivity index (χ4n) is 2.44. The summed E-state index contributed by atoms with van der Waals surface area (Å²) in [5.74, 6) is -1.21. The number of hydrogen-bond donors (Lipinski definition) is 1. The molecular weight excluding hydrogens is 389 g/mol. The smallest absolute Gasteiger partial charge is 0.343 e. The number of hydrogen-bond acceptors (Lipinski definition) is 4. The van der Waals surface area contributed by atoms with Crippen molar-refractivity contribution in [1.29, 1.82) is 0 Å². The predicted molar refractivity (Wildman–Crippen MR) is 104 cm³/mol. The molecule has 0 bridgehead atoms. The molecule has 1 amide bonds. The Bertz CT molecular complexity index is 987. The normalized spacial score (nSPS) is 10.5. The number of amides is 1. The van der Waals surface area contributed by atoms with Crippen LogP contribution in [0.3, 0.4) is 0 Å². The summed E-state index contributed by atoms with van der Waals surface area (Å²) in [6, 6.07) is 15.8. The summed E-state index contributed by atoms with van der Waals surface area (Å²) in [5, 5.41) is 7.48. The Labute approximate surface area is 165 Å². The van der Waals surface area contributed by atoms with Crippen LogP contribution in [0.4, 0.5) is 5.69 Å². The van der Waals surface area contributed by atoms with Crippen LogP contribution in [0.15, 0.2) is 54.6 Å². The SMILES string of the molecule is Cc1nn(-c2ccccc2)c(Cl)c1C(=O)OCC(=O)Nc1cccc(Cl)c1. The molecule has 1 aromatic heterocycles. The standard InChI is InChI=1S/C19H15Cl2N3O3/c1-12-17(18(21)24(23-12)15-8-3-2-4-9-15)19(26)27-11-16(25)22-14-7-5-6-13(20)10-14/h2-10H,11H2,1H3,(H,22,25). The first-order valence-corrected chi connectivity index (χ1v) is 8.74. The van der Waals surface area contributed by atoms with Crippen molar-refractivity contribution in [3.05, 3.63) is 76.0 Å². The van der Waals surface area contributed by atoms with Crippen molar-refractivity contribution in [2.24, 2.45) is 0 Å². The zero-order valence-corrected chi connectivity index (χ0v) is 15.8. The van der Waals surface area contributed by atoms with Gasteiger partial charge in [-0.2, -0.15) is 5.10 Å². The molecule has 27 heavy (non-hydrogen) atoms. The Morgan fingerprint density at radius 1 is 1.11 bits per heavy atom. The van der Waals surface area contributed by atoms with Crippen molar-refractivity contribution in [2.45, 2.75) is 6.92 Å². The topological polar surface area (TPSA) is 73.2 Å². The van der Waals surface area contributed by atoms with Crippen LogP contribution in [0.1, 0.15) is 16.1 Å². The molecule has 1 N–H and O–H groups in total. The molecule has 0 aliphatic carbocycles. The van der Waals surface area contributed by atoms with E-state index in [2.05, 4.69) is 10.4 Å². The van der Waals surface area contributed by atoms with E-state index in [1.807, 2.05) is 30.3 Å². The molecule has 0 aliphatic heterocycles. The van der Waals surface area contributed by atoms with Crippen molar-refractivity contribution in [1.82, 2.24) is 9.78 Å². The maximum absolute atomic E-state index is 12.4. The molecule has 0 saturated heterocycles. The van der Waals surface area contributed by atoms with Gasteiger partial charge in [0.05, 0.1) is 11.4 Å². The van der Waals surface area contributed by atoms with Gasteiger partial charge in [-0.05, 0) is 37.3 Å². The van der Waals surface area contributed by atoms with Gasteiger partial charge in [0.25, 0.3) is 5.91 Å². The van der Waals surface area contributed by atoms with E-state index >= 15 is 0 Å². The minimum Gasteiger partial charge on any atom is -0.452 e. The summed E-state index contributed by atoms with van der Waals surface area (Å²) in [6.07, 6.45) is 0. The third kappa shape index (κ3) is 4.48. The lowest BCUT2D eigenvalue weighted by Crippen LogP contribution is -2.21. The molecule has 0 saturated carbocycles. The number of aromatic nitrogens is 2. The van der Waals surface area contributed by atoms with Crippen LogP contribution in [-0.2, 0) is 9.53 Å². The Morgan fingerprint density at radius 3 is 2.56 bits per heavy atom. The van der Waals surface area contributed by atoms with Gasteiger partial charge in [-0.3, -0.25) is 4.79 Å². The van der Waals surface area contributed by atoms with Gasteiger partial charge in [-0.25, -0.2) is 9.48 Å². The largest absolute Gasteiger partial charge is 0.452 e. The number of carbonyl (C=O) groups excluding carboxylic acids is 2. The molecule has 0 spiro atoms. The summed E-state index contributed by atoms with van der Waals surface area (Å²) in [7, 11) is 0. The third-order valence-corrected chi connectivity index (χ3v) is 4.24. The summed E-state index contributed by atoms with van der Waals surface area (Å²) >= 11 is 12.2. The Morgan fingerprint density at radius 2 is 1.85 bits per heavy atom. The van der Waals surface area contributed by atoms with Crippen LogP contribution >= 0.6 is 23.2 Å². The molecule has 6 nitrogen and oxygen atoms in total. The lowest BCUT2D eigenvalue weighted by Gasteiger charge is -2.07. The van der Waals surface area contributed by atoms with Gasteiger partial charge in [-0.15, -0.1) is 0 Å². The number of para-hydroxylation sites is 1. The molecule has 1 heterocycles. The monoisotopic (exact) mass is 403 g/mol. The summed E-state index contributed by atoms with van der Waals surface area (Å²) in [5.41, 5.74) is 1.75. The Kier molecular flexibility index (Phi) is 5.78. The van der Waals surface area contributed by atoms with E-state index in [-0.39, 0.29) is 10.7 Å². The van der Waals surface area contributed by atoms with Gasteiger partial charge in [0.1, 0.15) is 10.7 Å². The van der Waals surface area contributed by atoms with Gasteiger partial charge >= 0.3 is 5.97 Å². The summed E-state index contributed by atoms with van der Waals surface area (Å²) in [6.45, 7) is 1.19. The van der Waals surface area contributed by atoms with Gasteiger partial charge < -0.3 is 10.1 Å². The van der Waals surface area contributed by atoms with Gasteiger partial charge in [0.2, 0.25) is 0 Å². The van der Waals surface area contributed by atoms with Crippen molar-refractivity contribution >= 4 is 40.8 Å². The molecular formula is C19H15Cl2N3O3. The van der Waals surface area contributed by atoms with Crippen molar-refractivity contribution < 1.29 is 14.3 Å². The molecule has 0 atom stereocenters. The number of benzene rings is 2. The number of halogens is 2. The molecule has 138 valence electrons. The molecule has 3 rings (SSSR count). The highest BCUT2D eigenvalue weighted by atomic mass is 35.5. The second kappa shape index (κ2) is 8.24. The number of nitrogens with zero attached hydrogens (tertiary/aromatic N) is 2. The highest BCUT2D eigenvalue weighted by Gasteiger charge is 2.23. The van der Waals surface area contributed by atoms with E-state index in [1.54, 1.807) is 31.2 Å². The van der Waals surface area contributed by atoms with E-state index in [0.29, 0.717) is 22.1 Å². The van der Waals surface area contributed by atoms with Crippen LogP contribution in [0, 0.1) is 6.92 Å². The van der Waals surface area contributed by atoms with Crippen LogP contribution in [0.2, 0.25) is 10.2 Å². The number of nitrogens with one attached hydrogen (secondary N) is 1. The van der Waals surface area contributed by atoms with E-state index in [0.717, 1.165) is 0 Å². The second-order valence-electron chi connectivity index (χ2n) is 5.63. The van der Waals surface area contributed by atoms with E-state index < -0.39 is 18.5 Å². The number of anilines is 1. The van der Waals surface area contributed by atoms with Gasteiger partial charge in [0, 0.05) is 10.7 Å². The molecule has 0 unspecified atom stereocenters. The third-order valence-electron chi connectivity index (χ3n) is 3.65. The van der Waals surface area contributed by atoms with Crippen LogP contribution < -0.4 is 5.32 Å². The molecule has 8 heteroatoms. The number of ether oxygens (including phenoxy) is 1. The molecule has 2 aromatic carbocycles. The Balaban J connectivity index is 1.68. The highest BCUT2D eigenvalue weighted by molar-refractivity contribution is 6.33. The highest BCUT2D eigenvalue weighted by Crippen LogP contribution is 2.24. The fourth-order valence-corrected chi connectivity index (χ4v) is 2.98. The van der Waals surface area contributed by atoms with Crippen LogP contribution in [0.25, 0.3) is 5.69 Å². The average Bonchev–Trinajstić information content (AvgIpc) is 2.95. The molecule has 3 aromatic rings.